The van der Waals surface area contributed by atoms with Crippen molar-refractivity contribution in [1.82, 2.24) is 10.3 Å². The van der Waals surface area contributed by atoms with E-state index in [1.807, 2.05) is 31.2 Å². The molecule has 0 aliphatic heterocycles. The Balaban J connectivity index is 1.80. The van der Waals surface area contributed by atoms with Gasteiger partial charge in [0.25, 0.3) is 11.6 Å². The lowest BCUT2D eigenvalue weighted by Gasteiger charge is -2.13. The van der Waals surface area contributed by atoms with Gasteiger partial charge >= 0.3 is 0 Å². The van der Waals surface area contributed by atoms with Gasteiger partial charge in [-0.2, -0.15) is 0 Å². The Hall–Kier alpha value is -3.64. The average Bonchev–Trinajstić information content (AvgIpc) is 3.20. The Morgan fingerprint density at radius 2 is 1.82 bits per heavy atom. The molecule has 0 spiro atoms. The molecule has 3 aromatic rings. The van der Waals surface area contributed by atoms with Gasteiger partial charge in [-0.15, -0.1) is 11.3 Å². The van der Waals surface area contributed by atoms with Crippen LogP contribution < -0.4 is 10.6 Å². The zero-order valence-electron chi connectivity index (χ0n) is 17.9. The third-order valence-electron chi connectivity index (χ3n) is 4.64. The van der Waals surface area contributed by atoms with Crippen molar-refractivity contribution in [3.8, 4) is 11.3 Å². The van der Waals surface area contributed by atoms with Crippen LogP contribution in [0.4, 0.5) is 10.8 Å². The lowest BCUT2D eigenvalue weighted by molar-refractivity contribution is -0.385. The number of nitro groups is 1. The number of rotatable bonds is 7. The van der Waals surface area contributed by atoms with Gasteiger partial charge in [0.2, 0.25) is 5.91 Å². The van der Waals surface area contributed by atoms with Gasteiger partial charge in [0.15, 0.2) is 15.0 Å². The van der Waals surface area contributed by atoms with E-state index in [4.69, 9.17) is 0 Å². The van der Waals surface area contributed by atoms with Crippen LogP contribution in [0.15, 0.2) is 52.7 Å². The first-order valence-corrected chi connectivity index (χ1v) is 12.3. The lowest BCUT2D eigenvalue weighted by atomic mass is 10.1. The van der Waals surface area contributed by atoms with Crippen molar-refractivity contribution < 1.29 is 22.9 Å². The number of non-ortho nitro benzene ring substituents is 1. The fraction of sp³-hybridized carbons (Fsp3) is 0.190. The molecule has 0 saturated carbocycles. The molecule has 1 heterocycles. The van der Waals surface area contributed by atoms with Crippen LogP contribution in [-0.4, -0.2) is 36.4 Å². The summed E-state index contributed by atoms with van der Waals surface area (Å²) < 4.78 is 23.7. The van der Waals surface area contributed by atoms with Crippen molar-refractivity contribution in [2.45, 2.75) is 24.8 Å². The van der Waals surface area contributed by atoms with Crippen LogP contribution in [0.3, 0.4) is 0 Å². The Bertz CT molecular complexity index is 1330. The SMILES string of the molecule is CC(=O)NC(C)c1ccc(-c2csc(NC(=O)c3cc([N+](=O)[O-])cc(S(C)(=O)=O)c3)n2)cc1. The van der Waals surface area contributed by atoms with Crippen LogP contribution in [-0.2, 0) is 14.6 Å². The number of hydrogen-bond acceptors (Lipinski definition) is 8. The minimum atomic E-state index is -3.76. The molecule has 1 atom stereocenters. The molecule has 1 unspecified atom stereocenters. The molecule has 172 valence electrons. The first-order chi connectivity index (χ1) is 15.4. The highest BCUT2D eigenvalue weighted by molar-refractivity contribution is 7.90. The number of benzene rings is 2. The number of amides is 2. The molecule has 2 amide bonds. The fourth-order valence-electron chi connectivity index (χ4n) is 3.00. The molecule has 10 nitrogen and oxygen atoms in total. The number of nitro benzene ring substituents is 1. The van der Waals surface area contributed by atoms with E-state index in [2.05, 4.69) is 15.6 Å². The van der Waals surface area contributed by atoms with Gasteiger partial charge in [0.05, 0.1) is 21.6 Å². The summed E-state index contributed by atoms with van der Waals surface area (Å²) in [7, 11) is -3.76. The monoisotopic (exact) mass is 488 g/mol. The standard InChI is InChI=1S/C21H20N4O6S2/c1-12(22-13(2)26)14-4-6-15(7-5-14)19-11-32-21(23-19)24-20(27)16-8-17(25(28)29)10-18(9-16)33(3,30)31/h4-12H,1-3H3,(H,22,26)(H,23,24,27). The fourth-order valence-corrected chi connectivity index (χ4v) is 4.39. The summed E-state index contributed by atoms with van der Waals surface area (Å²) in [6.45, 7) is 3.32. The van der Waals surface area contributed by atoms with E-state index in [1.54, 1.807) is 5.38 Å². The minimum absolute atomic E-state index is 0.126. The Morgan fingerprint density at radius 3 is 2.39 bits per heavy atom. The van der Waals surface area contributed by atoms with Crippen molar-refractivity contribution in [2.24, 2.45) is 0 Å². The first kappa shape index (κ1) is 24.0. The molecule has 0 radical (unpaired) electrons. The molecule has 0 saturated heterocycles. The maximum absolute atomic E-state index is 12.6. The molecule has 0 bridgehead atoms. The molecule has 0 aliphatic carbocycles. The predicted octanol–water partition coefficient (Wildman–Crippen LogP) is 3.57. The third kappa shape index (κ3) is 5.99. The van der Waals surface area contributed by atoms with E-state index in [0.29, 0.717) is 5.69 Å². The van der Waals surface area contributed by atoms with E-state index in [9.17, 15) is 28.1 Å². The number of sulfone groups is 1. The number of hydrogen-bond donors (Lipinski definition) is 2. The van der Waals surface area contributed by atoms with E-state index in [0.717, 1.165) is 46.9 Å². The van der Waals surface area contributed by atoms with Crippen molar-refractivity contribution in [1.29, 1.82) is 0 Å². The number of anilines is 1. The molecule has 3 rings (SSSR count). The first-order valence-electron chi connectivity index (χ1n) is 9.58. The average molecular weight is 489 g/mol. The largest absolute Gasteiger partial charge is 0.350 e. The van der Waals surface area contributed by atoms with Crippen LogP contribution in [0.25, 0.3) is 11.3 Å². The number of carbonyl (C=O) groups is 2. The molecule has 0 aliphatic rings. The molecule has 1 aromatic heterocycles. The highest BCUT2D eigenvalue weighted by Crippen LogP contribution is 2.27. The maximum atomic E-state index is 12.6. The van der Waals surface area contributed by atoms with Gasteiger partial charge in [0, 0.05) is 41.8 Å². The zero-order valence-corrected chi connectivity index (χ0v) is 19.5. The van der Waals surface area contributed by atoms with Crippen LogP contribution in [0.1, 0.15) is 35.8 Å². The summed E-state index contributed by atoms with van der Waals surface area (Å²) in [6.07, 6.45) is 0.906. The molecule has 0 fully saturated rings. The second-order valence-electron chi connectivity index (χ2n) is 7.28. The van der Waals surface area contributed by atoms with Gasteiger partial charge in [0.1, 0.15) is 0 Å². The van der Waals surface area contributed by atoms with Gasteiger partial charge < -0.3 is 5.32 Å². The van der Waals surface area contributed by atoms with Crippen molar-refractivity contribution in [2.75, 3.05) is 11.6 Å². The molecular formula is C21H20N4O6S2. The minimum Gasteiger partial charge on any atom is -0.350 e. The van der Waals surface area contributed by atoms with Gasteiger partial charge in [-0.05, 0) is 18.6 Å². The van der Waals surface area contributed by atoms with Gasteiger partial charge in [-0.3, -0.25) is 25.0 Å². The smallest absolute Gasteiger partial charge is 0.271 e. The third-order valence-corrected chi connectivity index (χ3v) is 6.49. The summed E-state index contributed by atoms with van der Waals surface area (Å²) in [4.78, 5) is 38.3. The second kappa shape index (κ2) is 9.46. The normalized spacial score (nSPS) is 12.1. The summed E-state index contributed by atoms with van der Waals surface area (Å²) in [5.74, 6) is -0.845. The highest BCUT2D eigenvalue weighted by Gasteiger charge is 2.20. The number of nitrogens with zero attached hydrogens (tertiary/aromatic N) is 2. The summed E-state index contributed by atoms with van der Waals surface area (Å²) >= 11 is 1.15. The number of aromatic nitrogens is 1. The molecular weight excluding hydrogens is 468 g/mol. The van der Waals surface area contributed by atoms with Crippen LogP contribution in [0.2, 0.25) is 0 Å². The predicted molar refractivity (Wildman–Crippen MR) is 124 cm³/mol. The lowest BCUT2D eigenvalue weighted by Crippen LogP contribution is -2.23. The van der Waals surface area contributed by atoms with Crippen LogP contribution in [0, 0.1) is 10.1 Å². The quantitative estimate of drug-likeness (QED) is 0.381. The Labute approximate surface area is 193 Å². The summed E-state index contributed by atoms with van der Waals surface area (Å²) in [5, 5.41) is 18.5. The molecule has 2 aromatic carbocycles. The number of thiazole rings is 1. The Kier molecular flexibility index (Phi) is 6.89. The highest BCUT2D eigenvalue weighted by atomic mass is 32.2. The second-order valence-corrected chi connectivity index (χ2v) is 10.2. The topological polar surface area (TPSA) is 148 Å². The maximum Gasteiger partial charge on any atom is 0.271 e. The Morgan fingerprint density at radius 1 is 1.15 bits per heavy atom. The van der Waals surface area contributed by atoms with Crippen molar-refractivity contribution >= 4 is 43.8 Å². The van der Waals surface area contributed by atoms with Crippen LogP contribution in [0.5, 0.6) is 0 Å². The van der Waals surface area contributed by atoms with Gasteiger partial charge in [-0.1, -0.05) is 24.3 Å². The molecule has 2 N–H and O–H groups in total. The van der Waals surface area contributed by atoms with E-state index in [1.165, 1.54) is 6.92 Å². The van der Waals surface area contributed by atoms with Crippen LogP contribution >= 0.6 is 11.3 Å². The number of carbonyl (C=O) groups excluding carboxylic acids is 2. The van der Waals surface area contributed by atoms with Crippen molar-refractivity contribution in [3.05, 3.63) is 69.1 Å². The molecule has 12 heteroatoms. The zero-order chi connectivity index (χ0) is 24.3. The van der Waals surface area contributed by atoms with Crippen molar-refractivity contribution in [3.63, 3.8) is 0 Å². The van der Waals surface area contributed by atoms with Gasteiger partial charge in [-0.25, -0.2) is 13.4 Å². The summed E-state index contributed by atoms with van der Waals surface area (Å²) in [5.41, 5.74) is 1.64. The van der Waals surface area contributed by atoms with E-state index < -0.39 is 26.4 Å². The van der Waals surface area contributed by atoms with E-state index >= 15 is 0 Å². The summed E-state index contributed by atoms with van der Waals surface area (Å²) in [6, 6.07) is 10.3. The van der Waals surface area contributed by atoms with E-state index in [-0.39, 0.29) is 27.5 Å². The number of nitrogens with one attached hydrogen (secondary N) is 2. The molecule has 33 heavy (non-hydrogen) atoms.